The van der Waals surface area contributed by atoms with E-state index in [1.807, 2.05) is 0 Å². The molecule has 1 saturated carbocycles. The van der Waals surface area contributed by atoms with Gasteiger partial charge in [-0.05, 0) is 18.9 Å². The number of ketones is 1. The Bertz CT molecular complexity index is 426. The van der Waals surface area contributed by atoms with E-state index in [4.69, 9.17) is 0 Å². The van der Waals surface area contributed by atoms with E-state index in [9.17, 15) is 18.0 Å². The number of Topliss-reactive ketones (excluding diaryl/α,β-unsaturated/α-hetero) is 1. The van der Waals surface area contributed by atoms with E-state index < -0.39 is 11.9 Å². The Hall–Kier alpha value is -1.33. The Balaban J connectivity index is 2.21. The van der Waals surface area contributed by atoms with Gasteiger partial charge in [-0.25, -0.2) is 0 Å². The van der Waals surface area contributed by atoms with Gasteiger partial charge in [0, 0.05) is 31.5 Å². The van der Waals surface area contributed by atoms with Gasteiger partial charge in [0.2, 0.25) is 0 Å². The molecule has 0 spiro atoms. The molecule has 0 saturated heterocycles. The van der Waals surface area contributed by atoms with E-state index in [2.05, 4.69) is 5.10 Å². The predicted octanol–water partition coefficient (Wildman–Crippen LogP) is 2.67. The molecule has 17 heavy (non-hydrogen) atoms. The van der Waals surface area contributed by atoms with Gasteiger partial charge in [-0.1, -0.05) is 0 Å². The predicted molar refractivity (Wildman–Crippen MR) is 54.4 cm³/mol. The first-order chi connectivity index (χ1) is 7.88. The summed E-state index contributed by atoms with van der Waals surface area (Å²) in [7, 11) is 1.51. The highest BCUT2D eigenvalue weighted by molar-refractivity contribution is 5.79. The van der Waals surface area contributed by atoms with Gasteiger partial charge in [0.05, 0.1) is 0 Å². The van der Waals surface area contributed by atoms with Crippen LogP contribution in [-0.2, 0) is 18.0 Å². The van der Waals surface area contributed by atoms with E-state index in [1.54, 1.807) is 0 Å². The zero-order chi connectivity index (χ0) is 12.6. The molecule has 1 heterocycles. The quantitative estimate of drug-likeness (QED) is 0.763. The molecule has 0 amide bonds. The van der Waals surface area contributed by atoms with E-state index in [0.717, 1.165) is 6.07 Å². The van der Waals surface area contributed by atoms with Crippen molar-refractivity contribution in [3.8, 4) is 0 Å². The Kier molecular flexibility index (Phi) is 2.97. The van der Waals surface area contributed by atoms with E-state index >= 15 is 0 Å². The van der Waals surface area contributed by atoms with Gasteiger partial charge in [-0.2, -0.15) is 18.3 Å². The minimum atomic E-state index is -4.40. The number of nitrogens with zero attached hydrogens (tertiary/aromatic N) is 2. The monoisotopic (exact) mass is 246 g/mol. The lowest BCUT2D eigenvalue weighted by Crippen LogP contribution is -2.14. The molecule has 1 aliphatic rings. The largest absolute Gasteiger partial charge is 0.435 e. The molecule has 1 aromatic heterocycles. The van der Waals surface area contributed by atoms with Crippen LogP contribution in [0.2, 0.25) is 0 Å². The summed E-state index contributed by atoms with van der Waals surface area (Å²) in [6, 6.07) is 1.10. The molecule has 0 aliphatic heterocycles. The summed E-state index contributed by atoms with van der Waals surface area (Å²) in [6.07, 6.45) is -2.25. The summed E-state index contributed by atoms with van der Waals surface area (Å²) in [5.74, 6) is 0.209. The second-order valence-electron chi connectivity index (χ2n) is 4.39. The fourth-order valence-corrected chi connectivity index (χ4v) is 2.24. The number of alkyl halides is 3. The topological polar surface area (TPSA) is 34.9 Å². The van der Waals surface area contributed by atoms with Crippen LogP contribution in [0, 0.1) is 0 Å². The Morgan fingerprint density at radius 3 is 2.41 bits per heavy atom. The Labute approximate surface area is 96.6 Å². The number of halogens is 3. The first-order valence-electron chi connectivity index (χ1n) is 5.51. The summed E-state index contributed by atoms with van der Waals surface area (Å²) < 4.78 is 38.7. The smallest absolute Gasteiger partial charge is 0.300 e. The third-order valence-corrected chi connectivity index (χ3v) is 3.17. The molecule has 0 unspecified atom stereocenters. The van der Waals surface area contributed by atoms with Crippen molar-refractivity contribution in [2.45, 2.75) is 37.8 Å². The third-order valence-electron chi connectivity index (χ3n) is 3.17. The minimum absolute atomic E-state index is 0.0151. The van der Waals surface area contributed by atoms with Crippen molar-refractivity contribution in [2.24, 2.45) is 7.05 Å². The lowest BCUT2D eigenvalue weighted by atomic mass is 9.86. The minimum Gasteiger partial charge on any atom is -0.300 e. The molecule has 0 bridgehead atoms. The second-order valence-corrected chi connectivity index (χ2v) is 4.39. The van der Waals surface area contributed by atoms with Gasteiger partial charge in [0.15, 0.2) is 5.69 Å². The SMILES string of the molecule is Cn1nc(C(F)(F)F)cc1C1CCC(=O)CC1. The standard InChI is InChI=1S/C11H13F3N2O/c1-16-9(6-10(15-16)11(12,13)14)7-2-4-8(17)5-3-7/h6-7H,2-5H2,1H3. The van der Waals surface area contributed by atoms with Crippen LogP contribution in [-0.4, -0.2) is 15.6 Å². The van der Waals surface area contributed by atoms with Crippen LogP contribution in [0.5, 0.6) is 0 Å². The number of carbonyl (C=O) groups excluding carboxylic acids is 1. The van der Waals surface area contributed by atoms with Gasteiger partial charge >= 0.3 is 6.18 Å². The van der Waals surface area contributed by atoms with Gasteiger partial charge in [0.1, 0.15) is 5.78 Å². The third kappa shape index (κ3) is 2.50. The van der Waals surface area contributed by atoms with Crippen molar-refractivity contribution < 1.29 is 18.0 Å². The Morgan fingerprint density at radius 2 is 1.94 bits per heavy atom. The van der Waals surface area contributed by atoms with Crippen LogP contribution in [0.25, 0.3) is 0 Å². The summed E-state index contributed by atoms with van der Waals surface area (Å²) in [5.41, 5.74) is -0.281. The molecular formula is C11H13F3N2O. The van der Waals surface area contributed by atoms with Crippen molar-refractivity contribution in [3.05, 3.63) is 17.5 Å². The van der Waals surface area contributed by atoms with E-state index in [1.165, 1.54) is 11.7 Å². The van der Waals surface area contributed by atoms with Crippen molar-refractivity contribution in [1.82, 2.24) is 9.78 Å². The average molecular weight is 246 g/mol. The molecule has 6 heteroatoms. The van der Waals surface area contributed by atoms with Crippen LogP contribution in [0.1, 0.15) is 43.0 Å². The van der Waals surface area contributed by atoms with Crippen molar-refractivity contribution in [3.63, 3.8) is 0 Å². The summed E-state index contributed by atoms with van der Waals surface area (Å²) >= 11 is 0. The molecule has 2 rings (SSSR count). The number of carbonyl (C=O) groups is 1. The highest BCUT2D eigenvalue weighted by Gasteiger charge is 2.35. The summed E-state index contributed by atoms with van der Waals surface area (Å²) in [5, 5.41) is 3.48. The van der Waals surface area contributed by atoms with Crippen LogP contribution >= 0.6 is 0 Å². The van der Waals surface area contributed by atoms with Crippen LogP contribution in [0.4, 0.5) is 13.2 Å². The zero-order valence-corrected chi connectivity index (χ0v) is 9.42. The first-order valence-corrected chi connectivity index (χ1v) is 5.51. The molecule has 1 fully saturated rings. The molecule has 1 aliphatic carbocycles. The van der Waals surface area contributed by atoms with Gasteiger partial charge < -0.3 is 0 Å². The molecule has 1 aromatic rings. The van der Waals surface area contributed by atoms with Crippen LogP contribution in [0.3, 0.4) is 0 Å². The van der Waals surface area contributed by atoms with Crippen LogP contribution < -0.4 is 0 Å². The first kappa shape index (κ1) is 12.1. The molecule has 0 atom stereocenters. The normalized spacial score (nSPS) is 18.7. The van der Waals surface area contributed by atoms with Crippen molar-refractivity contribution in [1.29, 1.82) is 0 Å². The maximum atomic E-state index is 12.5. The molecule has 0 aromatic carbocycles. The van der Waals surface area contributed by atoms with Gasteiger partial charge in [0.25, 0.3) is 0 Å². The lowest BCUT2D eigenvalue weighted by Gasteiger charge is -2.20. The average Bonchev–Trinajstić information content (AvgIpc) is 2.61. The lowest BCUT2D eigenvalue weighted by molar-refractivity contribution is -0.141. The maximum absolute atomic E-state index is 12.5. The molecule has 0 radical (unpaired) electrons. The van der Waals surface area contributed by atoms with Gasteiger partial charge in [-0.15, -0.1) is 0 Å². The maximum Gasteiger partial charge on any atom is 0.435 e. The second kappa shape index (κ2) is 4.16. The number of aromatic nitrogens is 2. The molecule has 94 valence electrons. The molecule has 0 N–H and O–H groups in total. The van der Waals surface area contributed by atoms with Gasteiger partial charge in [-0.3, -0.25) is 9.48 Å². The van der Waals surface area contributed by atoms with Crippen molar-refractivity contribution >= 4 is 5.78 Å². The summed E-state index contributed by atoms with van der Waals surface area (Å²) in [4.78, 5) is 11.1. The summed E-state index contributed by atoms with van der Waals surface area (Å²) in [6.45, 7) is 0. The molecular weight excluding hydrogens is 233 g/mol. The van der Waals surface area contributed by atoms with Crippen LogP contribution in [0.15, 0.2) is 6.07 Å². The number of hydrogen-bond acceptors (Lipinski definition) is 2. The van der Waals surface area contributed by atoms with Crippen molar-refractivity contribution in [2.75, 3.05) is 0 Å². The van der Waals surface area contributed by atoms with E-state index in [-0.39, 0.29) is 11.7 Å². The Morgan fingerprint density at radius 1 is 1.35 bits per heavy atom. The number of hydrogen-bond donors (Lipinski definition) is 0. The van der Waals surface area contributed by atoms with E-state index in [0.29, 0.717) is 31.4 Å². The highest BCUT2D eigenvalue weighted by Crippen LogP contribution is 2.35. The fourth-order valence-electron chi connectivity index (χ4n) is 2.24. The highest BCUT2D eigenvalue weighted by atomic mass is 19.4. The number of aryl methyl sites for hydroxylation is 1. The molecule has 3 nitrogen and oxygen atoms in total. The fraction of sp³-hybridized carbons (Fsp3) is 0.636. The number of rotatable bonds is 1. The zero-order valence-electron chi connectivity index (χ0n) is 9.42.